The van der Waals surface area contributed by atoms with Gasteiger partial charge in [0.05, 0.1) is 0 Å². The first-order valence-corrected chi connectivity index (χ1v) is 7.58. The van der Waals surface area contributed by atoms with Crippen LogP contribution in [-0.4, -0.2) is 43.0 Å². The number of ether oxygens (including phenoxy) is 1. The first-order chi connectivity index (χ1) is 10.1. The Morgan fingerprint density at radius 2 is 2.10 bits per heavy atom. The summed E-state index contributed by atoms with van der Waals surface area (Å²) < 4.78 is 6.11. The van der Waals surface area contributed by atoms with Crippen LogP contribution in [0.5, 0.6) is 0 Å². The van der Waals surface area contributed by atoms with Crippen LogP contribution in [0.4, 0.5) is 0 Å². The van der Waals surface area contributed by atoms with Gasteiger partial charge in [-0.3, -0.25) is 9.78 Å². The molecule has 5 nitrogen and oxygen atoms in total. The topological polar surface area (TPSA) is 68.5 Å². The van der Waals surface area contributed by atoms with Gasteiger partial charge in [-0.05, 0) is 37.6 Å². The SMILES string of the molecule is COC1(c2ccnc(C(N)=O)c2)C2CCCC1CN(C)C2. The monoisotopic (exact) mass is 289 g/mol. The summed E-state index contributed by atoms with van der Waals surface area (Å²) in [5.41, 5.74) is 6.45. The molecule has 1 aromatic rings. The number of carbonyl (C=O) groups excluding carboxylic acids is 1. The zero-order valence-electron chi connectivity index (χ0n) is 12.7. The normalized spacial score (nSPS) is 32.9. The third-order valence-corrected chi connectivity index (χ3v) is 5.18. The molecule has 0 radical (unpaired) electrons. The Labute approximate surface area is 125 Å². The molecule has 0 aromatic carbocycles. The molecule has 21 heavy (non-hydrogen) atoms. The molecule has 1 saturated carbocycles. The van der Waals surface area contributed by atoms with Crippen molar-refractivity contribution >= 4 is 5.91 Å². The fourth-order valence-electron chi connectivity index (χ4n) is 4.38. The summed E-state index contributed by atoms with van der Waals surface area (Å²) in [6.45, 7) is 2.05. The number of fused-ring (bicyclic) bond motifs is 2. The number of methoxy groups -OCH3 is 1. The second-order valence-corrected chi connectivity index (χ2v) is 6.34. The van der Waals surface area contributed by atoms with E-state index in [0.717, 1.165) is 31.5 Å². The fourth-order valence-corrected chi connectivity index (χ4v) is 4.38. The first-order valence-electron chi connectivity index (χ1n) is 7.58. The second-order valence-electron chi connectivity index (χ2n) is 6.34. The highest BCUT2D eigenvalue weighted by molar-refractivity contribution is 5.90. The van der Waals surface area contributed by atoms with Gasteiger partial charge in [0.2, 0.25) is 0 Å². The minimum Gasteiger partial charge on any atom is -0.373 e. The van der Waals surface area contributed by atoms with Gasteiger partial charge in [-0.1, -0.05) is 6.42 Å². The van der Waals surface area contributed by atoms with Crippen LogP contribution in [0.2, 0.25) is 0 Å². The second kappa shape index (κ2) is 5.39. The molecule has 1 saturated heterocycles. The van der Waals surface area contributed by atoms with Gasteiger partial charge in [0, 0.05) is 38.2 Å². The van der Waals surface area contributed by atoms with Crippen LogP contribution in [-0.2, 0) is 10.3 Å². The van der Waals surface area contributed by atoms with Gasteiger partial charge in [-0.2, -0.15) is 0 Å². The number of primary amides is 1. The number of carbonyl (C=O) groups is 1. The lowest BCUT2D eigenvalue weighted by Crippen LogP contribution is -2.58. The van der Waals surface area contributed by atoms with Gasteiger partial charge >= 0.3 is 0 Å². The summed E-state index contributed by atoms with van der Waals surface area (Å²) in [7, 11) is 3.97. The number of nitrogens with zero attached hydrogens (tertiary/aromatic N) is 2. The van der Waals surface area contributed by atoms with E-state index in [0.29, 0.717) is 17.5 Å². The Hall–Kier alpha value is -1.46. The maximum atomic E-state index is 11.4. The van der Waals surface area contributed by atoms with E-state index in [9.17, 15) is 4.79 Å². The first kappa shape index (κ1) is 14.5. The Morgan fingerprint density at radius 3 is 2.67 bits per heavy atom. The van der Waals surface area contributed by atoms with E-state index in [1.807, 2.05) is 12.1 Å². The lowest BCUT2D eigenvalue weighted by atomic mass is 9.62. The zero-order chi connectivity index (χ0) is 15.0. The molecule has 1 aliphatic carbocycles. The molecule has 2 bridgehead atoms. The van der Waals surface area contributed by atoms with Crippen molar-refractivity contribution in [3.63, 3.8) is 0 Å². The predicted molar refractivity (Wildman–Crippen MR) is 79.8 cm³/mol. The summed E-state index contributed by atoms with van der Waals surface area (Å²) in [5, 5.41) is 0. The van der Waals surface area contributed by atoms with E-state index in [1.54, 1.807) is 13.3 Å². The molecule has 1 aliphatic heterocycles. The fraction of sp³-hybridized carbons (Fsp3) is 0.625. The van der Waals surface area contributed by atoms with Crippen molar-refractivity contribution in [3.8, 4) is 0 Å². The third kappa shape index (κ3) is 2.24. The van der Waals surface area contributed by atoms with Crippen LogP contribution in [0.15, 0.2) is 18.3 Å². The highest BCUT2D eigenvalue weighted by Crippen LogP contribution is 2.51. The standard InChI is InChI=1S/C16H23N3O2/c1-19-9-12-4-3-5-13(10-19)16(12,21-2)11-6-7-18-14(8-11)15(17)20/h6-8,12-13H,3-5,9-10H2,1-2H3,(H2,17,20). The smallest absolute Gasteiger partial charge is 0.267 e. The Morgan fingerprint density at radius 1 is 1.43 bits per heavy atom. The van der Waals surface area contributed by atoms with E-state index in [1.165, 1.54) is 6.42 Å². The van der Waals surface area contributed by atoms with Crippen LogP contribution >= 0.6 is 0 Å². The van der Waals surface area contributed by atoms with Crippen molar-refractivity contribution in [2.45, 2.75) is 24.9 Å². The van der Waals surface area contributed by atoms with Crippen LogP contribution in [0, 0.1) is 11.8 Å². The van der Waals surface area contributed by atoms with Crippen LogP contribution < -0.4 is 5.73 Å². The quantitative estimate of drug-likeness (QED) is 0.913. The summed E-state index contributed by atoms with van der Waals surface area (Å²) in [4.78, 5) is 17.9. The molecule has 2 fully saturated rings. The summed E-state index contributed by atoms with van der Waals surface area (Å²) in [6.07, 6.45) is 5.23. The number of pyridine rings is 1. The maximum Gasteiger partial charge on any atom is 0.267 e. The molecule has 2 heterocycles. The summed E-state index contributed by atoms with van der Waals surface area (Å²) >= 11 is 0. The number of likely N-dealkylation sites (tertiary alicyclic amines) is 1. The maximum absolute atomic E-state index is 11.4. The lowest BCUT2D eigenvalue weighted by Gasteiger charge is -2.54. The van der Waals surface area contributed by atoms with Crippen molar-refractivity contribution in [1.29, 1.82) is 0 Å². The number of nitrogens with two attached hydrogens (primary N) is 1. The Bertz CT molecular complexity index is 532. The molecule has 1 aromatic heterocycles. The molecule has 2 aliphatic rings. The van der Waals surface area contributed by atoms with Crippen LogP contribution in [0.3, 0.4) is 0 Å². The number of hydrogen-bond donors (Lipinski definition) is 1. The Kier molecular flexibility index (Phi) is 3.71. The van der Waals surface area contributed by atoms with Crippen molar-refractivity contribution in [3.05, 3.63) is 29.6 Å². The van der Waals surface area contributed by atoms with E-state index in [-0.39, 0.29) is 5.60 Å². The molecular weight excluding hydrogens is 266 g/mol. The molecule has 2 N–H and O–H groups in total. The zero-order valence-corrected chi connectivity index (χ0v) is 12.7. The molecule has 2 unspecified atom stereocenters. The van der Waals surface area contributed by atoms with E-state index in [2.05, 4.69) is 16.9 Å². The van der Waals surface area contributed by atoms with Gasteiger partial charge < -0.3 is 15.4 Å². The van der Waals surface area contributed by atoms with Gasteiger partial charge in [0.25, 0.3) is 5.91 Å². The molecule has 3 rings (SSSR count). The van der Waals surface area contributed by atoms with Crippen molar-refractivity contribution < 1.29 is 9.53 Å². The summed E-state index contributed by atoms with van der Waals surface area (Å²) in [5.74, 6) is 0.410. The van der Waals surface area contributed by atoms with Gasteiger partial charge in [-0.15, -0.1) is 0 Å². The van der Waals surface area contributed by atoms with Gasteiger partial charge in [0.15, 0.2) is 0 Å². The molecule has 2 atom stereocenters. The predicted octanol–water partition coefficient (Wildman–Crippen LogP) is 1.38. The van der Waals surface area contributed by atoms with Crippen LogP contribution in [0.1, 0.15) is 35.3 Å². The molecular formula is C16H23N3O2. The third-order valence-electron chi connectivity index (χ3n) is 5.18. The number of rotatable bonds is 3. The molecule has 5 heteroatoms. The van der Waals surface area contributed by atoms with Crippen molar-refractivity contribution in [2.75, 3.05) is 27.2 Å². The average Bonchev–Trinajstić information content (AvgIpc) is 2.46. The molecule has 114 valence electrons. The lowest BCUT2D eigenvalue weighted by molar-refractivity contribution is -0.165. The number of amides is 1. The minimum absolute atomic E-state index is 0.308. The number of aromatic nitrogens is 1. The van der Waals surface area contributed by atoms with Crippen molar-refractivity contribution in [1.82, 2.24) is 9.88 Å². The summed E-state index contributed by atoms with van der Waals surface area (Å²) in [6, 6.07) is 3.80. The van der Waals surface area contributed by atoms with Gasteiger partial charge in [-0.25, -0.2) is 0 Å². The molecule has 0 spiro atoms. The number of hydrogen-bond acceptors (Lipinski definition) is 4. The van der Waals surface area contributed by atoms with E-state index >= 15 is 0 Å². The van der Waals surface area contributed by atoms with Crippen LogP contribution in [0.25, 0.3) is 0 Å². The van der Waals surface area contributed by atoms with Gasteiger partial charge in [0.1, 0.15) is 11.3 Å². The Balaban J connectivity index is 2.07. The van der Waals surface area contributed by atoms with Crippen molar-refractivity contribution in [2.24, 2.45) is 17.6 Å². The van der Waals surface area contributed by atoms with E-state index in [4.69, 9.17) is 10.5 Å². The largest absolute Gasteiger partial charge is 0.373 e. The highest BCUT2D eigenvalue weighted by Gasteiger charge is 2.52. The number of piperidine rings is 1. The average molecular weight is 289 g/mol. The molecule has 1 amide bonds. The highest BCUT2D eigenvalue weighted by atomic mass is 16.5. The minimum atomic E-state index is -0.485. The van der Waals surface area contributed by atoms with E-state index < -0.39 is 5.91 Å².